The number of aromatic nitrogens is 2. The van der Waals surface area contributed by atoms with Crippen LogP contribution in [0.5, 0.6) is 0 Å². The molecule has 0 bridgehead atoms. The van der Waals surface area contributed by atoms with Crippen molar-refractivity contribution in [2.45, 2.75) is 26.4 Å². The van der Waals surface area contributed by atoms with Crippen LogP contribution in [0.2, 0.25) is 5.02 Å². The molecule has 1 amide bonds. The van der Waals surface area contributed by atoms with Crippen molar-refractivity contribution in [3.05, 3.63) is 68.0 Å². The molecule has 7 heteroatoms. The molecule has 122 valence electrons. The Kier molecular flexibility index (Phi) is 5.76. The molecule has 0 aliphatic rings. The van der Waals surface area contributed by atoms with Gasteiger partial charge in [-0.25, -0.2) is 4.79 Å². The van der Waals surface area contributed by atoms with E-state index in [-0.39, 0.29) is 19.0 Å². The van der Waals surface area contributed by atoms with Crippen molar-refractivity contribution < 1.29 is 4.79 Å². The number of carbonyl (C=O) groups is 1. The number of hydrogen-bond acceptors (Lipinski definition) is 3. The van der Waals surface area contributed by atoms with E-state index in [2.05, 4.69) is 5.32 Å². The van der Waals surface area contributed by atoms with Crippen molar-refractivity contribution in [1.29, 1.82) is 0 Å². The first kappa shape index (κ1) is 17.0. The van der Waals surface area contributed by atoms with Crippen molar-refractivity contribution >= 4 is 17.5 Å². The molecule has 0 saturated heterocycles. The van der Waals surface area contributed by atoms with E-state index in [1.165, 1.54) is 16.8 Å². The summed E-state index contributed by atoms with van der Waals surface area (Å²) in [7, 11) is 0. The molecular weight excluding hydrogens is 318 g/mol. The molecule has 1 aromatic carbocycles. The van der Waals surface area contributed by atoms with E-state index in [0.29, 0.717) is 11.6 Å². The van der Waals surface area contributed by atoms with Gasteiger partial charge in [-0.3, -0.25) is 18.7 Å². The molecule has 1 heterocycles. The van der Waals surface area contributed by atoms with Crippen LogP contribution in [0.1, 0.15) is 18.9 Å². The summed E-state index contributed by atoms with van der Waals surface area (Å²) in [6.07, 6.45) is 2.20. The predicted octanol–water partition coefficient (Wildman–Crippen LogP) is 1.24. The lowest BCUT2D eigenvalue weighted by atomic mass is 10.2. The summed E-state index contributed by atoms with van der Waals surface area (Å²) in [5, 5.41) is 3.19. The summed E-state index contributed by atoms with van der Waals surface area (Å²) in [6.45, 7) is 2.37. The Morgan fingerprint density at radius 3 is 2.65 bits per heavy atom. The molecule has 0 aliphatic heterocycles. The molecule has 0 saturated carbocycles. The van der Waals surface area contributed by atoms with Crippen LogP contribution in [-0.4, -0.2) is 21.6 Å². The van der Waals surface area contributed by atoms with Gasteiger partial charge in [0.1, 0.15) is 6.54 Å². The third-order valence-corrected chi connectivity index (χ3v) is 3.68. The van der Waals surface area contributed by atoms with E-state index in [0.717, 1.165) is 16.6 Å². The highest BCUT2D eigenvalue weighted by atomic mass is 35.5. The van der Waals surface area contributed by atoms with E-state index in [1.54, 1.807) is 18.2 Å². The average molecular weight is 336 g/mol. The van der Waals surface area contributed by atoms with Crippen molar-refractivity contribution in [3.8, 4) is 0 Å². The summed E-state index contributed by atoms with van der Waals surface area (Å²) in [4.78, 5) is 36.0. The second kappa shape index (κ2) is 7.78. The summed E-state index contributed by atoms with van der Waals surface area (Å²) in [5.41, 5.74) is -0.280. The second-order valence-electron chi connectivity index (χ2n) is 5.09. The van der Waals surface area contributed by atoms with Gasteiger partial charge in [0, 0.05) is 23.8 Å². The summed E-state index contributed by atoms with van der Waals surface area (Å²) >= 11 is 6.09. The minimum atomic E-state index is -0.538. The smallest absolute Gasteiger partial charge is 0.331 e. The van der Waals surface area contributed by atoms with Crippen LogP contribution >= 0.6 is 11.6 Å². The molecule has 0 spiro atoms. The first-order valence-corrected chi connectivity index (χ1v) is 7.71. The number of carbonyl (C=O) groups excluding carboxylic acids is 1. The van der Waals surface area contributed by atoms with Crippen LogP contribution in [-0.2, 0) is 17.9 Å². The maximum atomic E-state index is 12.4. The highest BCUT2D eigenvalue weighted by Gasteiger charge is 2.10. The normalized spacial score (nSPS) is 10.5. The van der Waals surface area contributed by atoms with Gasteiger partial charge in [-0.1, -0.05) is 36.7 Å². The molecule has 2 rings (SSSR count). The Labute approximate surface area is 138 Å². The Hall–Kier alpha value is -2.34. The Morgan fingerprint density at radius 2 is 1.96 bits per heavy atom. The number of benzene rings is 1. The molecule has 0 fully saturated rings. The Morgan fingerprint density at radius 1 is 1.22 bits per heavy atom. The quantitative estimate of drug-likeness (QED) is 0.863. The zero-order valence-corrected chi connectivity index (χ0v) is 13.5. The van der Waals surface area contributed by atoms with Crippen LogP contribution in [0.4, 0.5) is 0 Å². The number of nitrogens with one attached hydrogen (secondary N) is 1. The van der Waals surface area contributed by atoms with Crippen molar-refractivity contribution in [3.63, 3.8) is 0 Å². The maximum absolute atomic E-state index is 12.4. The molecular formula is C16H18ClN3O3. The van der Waals surface area contributed by atoms with Crippen LogP contribution < -0.4 is 16.6 Å². The Balaban J connectivity index is 2.28. The van der Waals surface area contributed by atoms with Gasteiger partial charge in [0.15, 0.2) is 0 Å². The van der Waals surface area contributed by atoms with Gasteiger partial charge in [-0.05, 0) is 18.1 Å². The van der Waals surface area contributed by atoms with Gasteiger partial charge in [0.25, 0.3) is 5.56 Å². The summed E-state index contributed by atoms with van der Waals surface area (Å²) in [5.74, 6) is -0.360. The second-order valence-corrected chi connectivity index (χ2v) is 5.50. The molecule has 0 aliphatic carbocycles. The fourth-order valence-electron chi connectivity index (χ4n) is 2.10. The molecule has 2 aromatic rings. The number of halogens is 1. The van der Waals surface area contributed by atoms with E-state index in [1.807, 2.05) is 13.0 Å². The SMILES string of the molecule is CCCNC(=O)Cn1c(=O)ccn(Cc2ccccc2Cl)c1=O. The lowest BCUT2D eigenvalue weighted by Crippen LogP contribution is -2.43. The third kappa shape index (κ3) is 4.32. The van der Waals surface area contributed by atoms with Crippen LogP contribution in [0.15, 0.2) is 46.1 Å². The lowest BCUT2D eigenvalue weighted by molar-refractivity contribution is -0.121. The largest absolute Gasteiger partial charge is 0.355 e. The fourth-order valence-corrected chi connectivity index (χ4v) is 2.29. The van der Waals surface area contributed by atoms with Crippen LogP contribution in [0.3, 0.4) is 0 Å². The minimum Gasteiger partial charge on any atom is -0.355 e. The monoisotopic (exact) mass is 335 g/mol. The summed E-state index contributed by atoms with van der Waals surface area (Å²) in [6, 6.07) is 8.42. The molecule has 1 aromatic heterocycles. The number of hydrogen-bond donors (Lipinski definition) is 1. The van der Waals surface area contributed by atoms with Crippen LogP contribution in [0, 0.1) is 0 Å². The highest BCUT2D eigenvalue weighted by Crippen LogP contribution is 2.15. The topological polar surface area (TPSA) is 73.1 Å². The van der Waals surface area contributed by atoms with Gasteiger partial charge >= 0.3 is 5.69 Å². The zero-order chi connectivity index (χ0) is 16.8. The predicted molar refractivity (Wildman–Crippen MR) is 88.8 cm³/mol. The average Bonchev–Trinajstić information content (AvgIpc) is 2.54. The first-order valence-electron chi connectivity index (χ1n) is 7.33. The van der Waals surface area contributed by atoms with Crippen molar-refractivity contribution in [1.82, 2.24) is 14.5 Å². The van der Waals surface area contributed by atoms with Gasteiger partial charge in [-0.15, -0.1) is 0 Å². The molecule has 0 radical (unpaired) electrons. The van der Waals surface area contributed by atoms with Gasteiger partial charge < -0.3 is 5.32 Å². The third-order valence-electron chi connectivity index (χ3n) is 3.31. The lowest BCUT2D eigenvalue weighted by Gasteiger charge is -2.11. The number of rotatable bonds is 6. The molecule has 23 heavy (non-hydrogen) atoms. The Bertz CT molecular complexity index is 811. The molecule has 6 nitrogen and oxygen atoms in total. The van der Waals surface area contributed by atoms with E-state index in [4.69, 9.17) is 11.6 Å². The van der Waals surface area contributed by atoms with E-state index < -0.39 is 11.2 Å². The van der Waals surface area contributed by atoms with Gasteiger partial charge in [0.05, 0.1) is 6.54 Å². The zero-order valence-electron chi connectivity index (χ0n) is 12.8. The standard InChI is InChI=1S/C16H18ClN3O3/c1-2-8-18-14(21)11-20-15(22)7-9-19(16(20)23)10-12-5-3-4-6-13(12)17/h3-7,9H,2,8,10-11H2,1H3,(H,18,21). The minimum absolute atomic E-state index is 0.232. The van der Waals surface area contributed by atoms with Crippen molar-refractivity contribution in [2.75, 3.05) is 6.54 Å². The van der Waals surface area contributed by atoms with E-state index >= 15 is 0 Å². The molecule has 0 atom stereocenters. The summed E-state index contributed by atoms with van der Waals surface area (Å²) < 4.78 is 2.28. The highest BCUT2D eigenvalue weighted by molar-refractivity contribution is 6.31. The maximum Gasteiger partial charge on any atom is 0.331 e. The number of amides is 1. The van der Waals surface area contributed by atoms with Gasteiger partial charge in [0.2, 0.25) is 5.91 Å². The molecule has 0 unspecified atom stereocenters. The fraction of sp³-hybridized carbons (Fsp3) is 0.312. The van der Waals surface area contributed by atoms with E-state index in [9.17, 15) is 14.4 Å². The van der Waals surface area contributed by atoms with Gasteiger partial charge in [-0.2, -0.15) is 0 Å². The first-order chi connectivity index (χ1) is 11.0. The number of nitrogens with zero attached hydrogens (tertiary/aromatic N) is 2. The van der Waals surface area contributed by atoms with Crippen molar-refractivity contribution in [2.24, 2.45) is 0 Å². The molecule has 1 N–H and O–H groups in total. The van der Waals surface area contributed by atoms with Crippen LogP contribution in [0.25, 0.3) is 0 Å².